The lowest BCUT2D eigenvalue weighted by Gasteiger charge is -2.23. The minimum absolute atomic E-state index is 0.0109. The number of nitrogens with zero attached hydrogens (tertiary/aromatic N) is 4. The molecular formula is C23H32N4O2S. The maximum absolute atomic E-state index is 13.7. The van der Waals surface area contributed by atoms with E-state index in [1.54, 1.807) is 15.9 Å². The van der Waals surface area contributed by atoms with E-state index in [2.05, 4.69) is 4.90 Å². The number of aryl methyl sites for hydroxylation is 2. The van der Waals surface area contributed by atoms with Crippen molar-refractivity contribution in [1.82, 2.24) is 19.4 Å². The molecule has 0 N–H and O–H groups in total. The van der Waals surface area contributed by atoms with Crippen LogP contribution in [0.1, 0.15) is 67.6 Å². The minimum atomic E-state index is 0.0109. The lowest BCUT2D eigenvalue weighted by Crippen LogP contribution is -2.39. The summed E-state index contributed by atoms with van der Waals surface area (Å²) >= 11 is 1.71. The van der Waals surface area contributed by atoms with E-state index < -0.39 is 0 Å². The summed E-state index contributed by atoms with van der Waals surface area (Å²) in [6.07, 6.45) is 11.3. The fourth-order valence-corrected chi connectivity index (χ4v) is 6.53. The molecule has 0 saturated carbocycles. The zero-order chi connectivity index (χ0) is 20.5. The summed E-state index contributed by atoms with van der Waals surface area (Å²) in [7, 11) is 0. The Kier molecular flexibility index (Phi) is 5.92. The Morgan fingerprint density at radius 1 is 0.900 bits per heavy atom. The van der Waals surface area contributed by atoms with Crippen molar-refractivity contribution in [3.63, 3.8) is 0 Å². The van der Waals surface area contributed by atoms with E-state index in [9.17, 15) is 9.59 Å². The number of hydrogen-bond donors (Lipinski definition) is 0. The molecule has 6 nitrogen and oxygen atoms in total. The summed E-state index contributed by atoms with van der Waals surface area (Å²) in [5, 5.41) is 0.795. The lowest BCUT2D eigenvalue weighted by molar-refractivity contribution is -0.131. The highest BCUT2D eigenvalue weighted by Crippen LogP contribution is 2.34. The second-order valence-electron chi connectivity index (χ2n) is 9.09. The molecule has 0 unspecified atom stereocenters. The topological polar surface area (TPSA) is 58.4 Å². The molecule has 2 saturated heterocycles. The molecule has 0 aromatic carbocycles. The largest absolute Gasteiger partial charge is 0.341 e. The molecule has 2 aliphatic heterocycles. The number of amides is 1. The fourth-order valence-electron chi connectivity index (χ4n) is 5.26. The number of fused-ring (bicyclic) bond motifs is 3. The first-order valence-corrected chi connectivity index (χ1v) is 12.6. The maximum atomic E-state index is 13.7. The molecule has 7 heteroatoms. The van der Waals surface area contributed by atoms with Crippen LogP contribution in [0, 0.1) is 0 Å². The second kappa shape index (κ2) is 8.79. The molecule has 1 amide bonds. The number of likely N-dealkylation sites (tertiary alicyclic amines) is 2. The van der Waals surface area contributed by atoms with Crippen LogP contribution in [0.5, 0.6) is 0 Å². The zero-order valence-corrected chi connectivity index (χ0v) is 18.6. The standard InChI is InChI=1S/C23H32N4O2S/c28-20(26-13-5-1-2-6-14-26)16-27-19(15-25-11-7-8-12-25)24-22-21(23(27)29)17-9-3-4-10-18(17)30-22/h1-16H2. The molecule has 1 aliphatic carbocycles. The summed E-state index contributed by atoms with van der Waals surface area (Å²) < 4.78 is 1.72. The van der Waals surface area contributed by atoms with Crippen LogP contribution in [0.2, 0.25) is 0 Å². The molecular weight excluding hydrogens is 396 g/mol. The molecule has 3 aliphatic rings. The third-order valence-electron chi connectivity index (χ3n) is 6.97. The smallest absolute Gasteiger partial charge is 0.263 e. The Morgan fingerprint density at radius 2 is 1.60 bits per heavy atom. The number of carbonyl (C=O) groups is 1. The van der Waals surface area contributed by atoms with Crippen molar-refractivity contribution in [3.05, 3.63) is 26.6 Å². The van der Waals surface area contributed by atoms with Gasteiger partial charge >= 0.3 is 0 Å². The third kappa shape index (κ3) is 3.94. The average Bonchev–Trinajstić information content (AvgIpc) is 3.29. The van der Waals surface area contributed by atoms with Crippen LogP contribution in [0.3, 0.4) is 0 Å². The molecule has 30 heavy (non-hydrogen) atoms. The monoisotopic (exact) mass is 428 g/mol. The SMILES string of the molecule is O=C(Cn1c(CN2CCCC2)nc2sc3c(c2c1=O)CCCC3)N1CCCCCC1. The van der Waals surface area contributed by atoms with Crippen molar-refractivity contribution >= 4 is 27.5 Å². The van der Waals surface area contributed by atoms with Gasteiger partial charge in [0, 0.05) is 18.0 Å². The highest BCUT2D eigenvalue weighted by atomic mass is 32.1. The van der Waals surface area contributed by atoms with Gasteiger partial charge in [0.1, 0.15) is 17.2 Å². The zero-order valence-electron chi connectivity index (χ0n) is 17.8. The first-order valence-electron chi connectivity index (χ1n) is 11.7. The van der Waals surface area contributed by atoms with Crippen molar-refractivity contribution in [2.45, 2.75) is 77.3 Å². The minimum Gasteiger partial charge on any atom is -0.341 e. The van der Waals surface area contributed by atoms with Crippen molar-refractivity contribution in [2.75, 3.05) is 26.2 Å². The van der Waals surface area contributed by atoms with E-state index in [4.69, 9.17) is 4.98 Å². The molecule has 0 spiro atoms. The highest BCUT2D eigenvalue weighted by molar-refractivity contribution is 7.18. The first kappa shape index (κ1) is 20.2. The van der Waals surface area contributed by atoms with Crippen LogP contribution in [0.25, 0.3) is 10.2 Å². The van der Waals surface area contributed by atoms with Crippen LogP contribution in [-0.4, -0.2) is 51.4 Å². The second-order valence-corrected chi connectivity index (χ2v) is 10.2. The maximum Gasteiger partial charge on any atom is 0.263 e. The summed E-state index contributed by atoms with van der Waals surface area (Å²) in [5.41, 5.74) is 1.22. The summed E-state index contributed by atoms with van der Waals surface area (Å²) in [6, 6.07) is 0. The van der Waals surface area contributed by atoms with Crippen molar-refractivity contribution in [1.29, 1.82) is 0 Å². The van der Waals surface area contributed by atoms with Gasteiger partial charge in [0.2, 0.25) is 5.91 Å². The number of hydrogen-bond acceptors (Lipinski definition) is 5. The van der Waals surface area contributed by atoms with Crippen LogP contribution >= 0.6 is 11.3 Å². The molecule has 2 aromatic heterocycles. The Balaban J connectivity index is 1.53. The summed E-state index contributed by atoms with van der Waals surface area (Å²) in [5.74, 6) is 0.850. The molecule has 5 rings (SSSR count). The van der Waals surface area contributed by atoms with E-state index in [-0.39, 0.29) is 18.0 Å². The fraction of sp³-hybridized carbons (Fsp3) is 0.696. The van der Waals surface area contributed by atoms with Crippen LogP contribution in [0.15, 0.2) is 4.79 Å². The van der Waals surface area contributed by atoms with E-state index >= 15 is 0 Å². The van der Waals surface area contributed by atoms with Crippen LogP contribution < -0.4 is 5.56 Å². The van der Waals surface area contributed by atoms with Crippen molar-refractivity contribution in [3.8, 4) is 0 Å². The molecule has 162 valence electrons. The van der Waals surface area contributed by atoms with Gasteiger partial charge in [0.05, 0.1) is 11.9 Å². The van der Waals surface area contributed by atoms with E-state index in [1.807, 2.05) is 4.90 Å². The van der Waals surface area contributed by atoms with Gasteiger partial charge in [0.25, 0.3) is 5.56 Å². The van der Waals surface area contributed by atoms with Gasteiger partial charge in [-0.2, -0.15) is 0 Å². The quantitative estimate of drug-likeness (QED) is 0.750. The van der Waals surface area contributed by atoms with Crippen LogP contribution in [-0.2, 0) is 30.7 Å². The number of carbonyl (C=O) groups excluding carboxylic acids is 1. The average molecular weight is 429 g/mol. The predicted octanol–water partition coefficient (Wildman–Crippen LogP) is 3.34. The van der Waals surface area contributed by atoms with Crippen molar-refractivity contribution in [2.24, 2.45) is 0 Å². The molecule has 0 atom stereocenters. The number of rotatable bonds is 4. The Hall–Kier alpha value is -1.73. The summed E-state index contributed by atoms with van der Waals surface area (Å²) in [6.45, 7) is 4.54. The van der Waals surface area contributed by atoms with Gasteiger partial charge in [-0.25, -0.2) is 4.98 Å². The molecule has 0 radical (unpaired) electrons. The van der Waals surface area contributed by atoms with Gasteiger partial charge in [-0.1, -0.05) is 12.8 Å². The Labute approximate surface area is 181 Å². The number of aromatic nitrogens is 2. The predicted molar refractivity (Wildman–Crippen MR) is 120 cm³/mol. The van der Waals surface area contributed by atoms with Gasteiger partial charge in [-0.05, 0) is 70.0 Å². The normalized spacial score (nSPS) is 20.5. The molecule has 2 aromatic rings. The van der Waals surface area contributed by atoms with E-state index in [1.165, 1.54) is 42.5 Å². The highest BCUT2D eigenvalue weighted by Gasteiger charge is 2.25. The summed E-state index contributed by atoms with van der Waals surface area (Å²) in [4.78, 5) is 38.4. The third-order valence-corrected chi connectivity index (χ3v) is 8.16. The van der Waals surface area contributed by atoms with E-state index in [0.717, 1.165) is 74.3 Å². The van der Waals surface area contributed by atoms with Gasteiger partial charge < -0.3 is 4.90 Å². The Morgan fingerprint density at radius 3 is 2.37 bits per heavy atom. The molecule has 4 heterocycles. The van der Waals surface area contributed by atoms with Crippen molar-refractivity contribution < 1.29 is 4.79 Å². The number of thiophene rings is 1. The van der Waals surface area contributed by atoms with Gasteiger partial charge in [0.15, 0.2) is 0 Å². The lowest BCUT2D eigenvalue weighted by atomic mass is 9.97. The molecule has 2 fully saturated rings. The van der Waals surface area contributed by atoms with Gasteiger partial charge in [-0.15, -0.1) is 11.3 Å². The Bertz CT molecular complexity index is 981. The van der Waals surface area contributed by atoms with Crippen LogP contribution in [0.4, 0.5) is 0 Å². The van der Waals surface area contributed by atoms with Gasteiger partial charge in [-0.3, -0.25) is 19.1 Å². The van der Waals surface area contributed by atoms with E-state index in [0.29, 0.717) is 6.54 Å². The molecule has 0 bridgehead atoms. The first-order chi connectivity index (χ1) is 14.7.